The number of hydrogen-bond donors (Lipinski definition) is 1. The normalized spacial score (nSPS) is 20.0. The van der Waals surface area contributed by atoms with Gasteiger partial charge in [-0.15, -0.1) is 0 Å². The van der Waals surface area contributed by atoms with Crippen molar-refractivity contribution in [2.45, 2.75) is 38.6 Å². The minimum Gasteiger partial charge on any atom is -0.396 e. The number of aromatic nitrogens is 2. The van der Waals surface area contributed by atoms with Gasteiger partial charge in [0.05, 0.1) is 17.9 Å². The predicted octanol–water partition coefficient (Wildman–Crippen LogP) is 4.25. The molecule has 0 unspecified atom stereocenters. The second kappa shape index (κ2) is 11.8. The van der Waals surface area contributed by atoms with E-state index in [4.69, 9.17) is 22.1 Å². The highest BCUT2D eigenvalue weighted by Crippen LogP contribution is 2.29. The molecule has 2 saturated heterocycles. The Kier molecular flexibility index (Phi) is 9.07. The van der Waals surface area contributed by atoms with Crippen molar-refractivity contribution in [2.75, 3.05) is 43.4 Å². The molecule has 9 heteroatoms. The van der Waals surface area contributed by atoms with Crippen LogP contribution in [0.4, 0.5) is 11.4 Å². The molecule has 2 aliphatic rings. The van der Waals surface area contributed by atoms with Crippen molar-refractivity contribution in [3.8, 4) is 0 Å². The summed E-state index contributed by atoms with van der Waals surface area (Å²) in [7, 11) is 2.05. The molecule has 0 bridgehead atoms. The second-order valence-electron chi connectivity index (χ2n) is 8.06. The molecule has 4 rings (SSSR count). The lowest BCUT2D eigenvalue weighted by molar-refractivity contribution is 0.0616. The van der Waals surface area contributed by atoms with Gasteiger partial charge in [0.1, 0.15) is 5.02 Å². The van der Waals surface area contributed by atoms with Crippen LogP contribution in [0.1, 0.15) is 38.6 Å². The van der Waals surface area contributed by atoms with E-state index in [1.807, 2.05) is 18.2 Å². The number of nitrogen functional groups attached to an aromatic ring is 1. The molecule has 0 saturated carbocycles. The van der Waals surface area contributed by atoms with Gasteiger partial charge < -0.3 is 14.8 Å². The number of nitrogens with zero attached hydrogens (tertiary/aromatic N) is 4. The van der Waals surface area contributed by atoms with E-state index in [1.165, 1.54) is 23.7 Å². The number of ether oxygens (including phenoxy) is 1. The fourth-order valence-corrected chi connectivity index (χ4v) is 4.72. The Morgan fingerprint density at radius 1 is 1.23 bits per heavy atom. The van der Waals surface area contributed by atoms with Gasteiger partial charge in [-0.2, -0.15) is 5.10 Å². The highest BCUT2D eigenvalue weighted by atomic mass is 35.5. The summed E-state index contributed by atoms with van der Waals surface area (Å²) in [6.07, 6.45) is 5.78. The molecule has 0 amide bonds. The molecule has 0 aliphatic carbocycles. The minimum absolute atomic E-state index is 0.0608. The van der Waals surface area contributed by atoms with E-state index in [0.717, 1.165) is 50.8 Å². The molecule has 0 radical (unpaired) electrons. The Morgan fingerprint density at radius 2 is 1.94 bits per heavy atom. The Balaban J connectivity index is 0.000000330. The second-order valence-corrected chi connectivity index (χ2v) is 9.67. The van der Waals surface area contributed by atoms with Gasteiger partial charge in [-0.3, -0.25) is 4.79 Å². The third kappa shape index (κ3) is 6.87. The van der Waals surface area contributed by atoms with Gasteiger partial charge >= 0.3 is 0 Å². The van der Waals surface area contributed by atoms with Crippen molar-refractivity contribution < 1.29 is 4.74 Å². The number of para-hydroxylation sites is 1. The molecule has 1 atom stereocenters. The molecule has 2 fully saturated rings. The fraction of sp³-hybridized carbons (Fsp3) is 0.545. The highest BCUT2D eigenvalue weighted by Gasteiger charge is 2.24. The molecule has 31 heavy (non-hydrogen) atoms. The highest BCUT2D eigenvalue weighted by molar-refractivity contribution is 7.98. The Morgan fingerprint density at radius 3 is 2.52 bits per heavy atom. The summed E-state index contributed by atoms with van der Waals surface area (Å²) in [4.78, 5) is 12.2. The third-order valence-electron chi connectivity index (χ3n) is 5.49. The lowest BCUT2D eigenvalue weighted by Gasteiger charge is -2.33. The van der Waals surface area contributed by atoms with Crippen LogP contribution in [-0.2, 0) is 4.74 Å². The molecule has 3 heterocycles. The van der Waals surface area contributed by atoms with Crippen LogP contribution < -0.4 is 15.6 Å². The first-order chi connectivity index (χ1) is 15.0. The first-order valence-corrected chi connectivity index (χ1v) is 11.9. The van der Waals surface area contributed by atoms with Gasteiger partial charge in [0.15, 0.2) is 0 Å². The monoisotopic (exact) mass is 465 g/mol. The number of piperidine rings is 1. The first kappa shape index (κ1) is 23.9. The van der Waals surface area contributed by atoms with Gasteiger partial charge in [-0.25, -0.2) is 8.99 Å². The topological polar surface area (TPSA) is 76.6 Å². The largest absolute Gasteiger partial charge is 0.396 e. The molecular formula is C22H32ClN5O2S. The average molecular weight is 466 g/mol. The summed E-state index contributed by atoms with van der Waals surface area (Å²) in [5.74, 6) is 0.814. The minimum atomic E-state index is -0.302. The standard InChI is InChI=1S/C16H20ClN5OS.C6H12O/c1-20(12-5-3-2-4-6-12)24-21-9-7-13(8-10-21)22-16(23)15(17)14(18)11-19-22;1-6-3-2-4-7-5-6/h2-6,11,13H,7-10,18H2,1H3;6H,2-5H2,1H3/t;6-/m.1/s1. The molecule has 2 aliphatic heterocycles. The van der Waals surface area contributed by atoms with Crippen molar-refractivity contribution >= 4 is 35.1 Å². The molecule has 2 N–H and O–H groups in total. The van der Waals surface area contributed by atoms with Crippen molar-refractivity contribution in [2.24, 2.45) is 5.92 Å². The van der Waals surface area contributed by atoms with E-state index in [2.05, 4.69) is 39.8 Å². The molecule has 1 aromatic heterocycles. The van der Waals surface area contributed by atoms with E-state index >= 15 is 0 Å². The maximum Gasteiger partial charge on any atom is 0.287 e. The fourth-order valence-electron chi connectivity index (χ4n) is 3.65. The van der Waals surface area contributed by atoms with Gasteiger partial charge in [-0.1, -0.05) is 36.7 Å². The average Bonchev–Trinajstić information content (AvgIpc) is 2.80. The van der Waals surface area contributed by atoms with Crippen molar-refractivity contribution in [3.05, 3.63) is 51.9 Å². The molecule has 170 valence electrons. The number of anilines is 2. The van der Waals surface area contributed by atoms with E-state index in [0.29, 0.717) is 0 Å². The molecule has 1 aromatic carbocycles. The van der Waals surface area contributed by atoms with E-state index in [9.17, 15) is 4.79 Å². The summed E-state index contributed by atoms with van der Waals surface area (Å²) in [6, 6.07) is 10.3. The van der Waals surface area contributed by atoms with Gasteiger partial charge in [-0.05, 0) is 43.7 Å². The van der Waals surface area contributed by atoms with Crippen LogP contribution >= 0.6 is 23.7 Å². The summed E-state index contributed by atoms with van der Waals surface area (Å²) in [5, 5.41) is 4.22. The summed E-state index contributed by atoms with van der Waals surface area (Å²) in [6.45, 7) is 5.97. The van der Waals surface area contributed by atoms with Crippen LogP contribution in [0, 0.1) is 5.92 Å². The number of nitrogens with two attached hydrogens (primary N) is 1. The van der Waals surface area contributed by atoms with Crippen molar-refractivity contribution in [1.82, 2.24) is 14.1 Å². The SMILES string of the molecule is CN(SN1CCC(n2ncc(N)c(Cl)c2=O)CC1)c1ccccc1.C[C@@H]1CCCOC1. The predicted molar refractivity (Wildman–Crippen MR) is 129 cm³/mol. The maximum absolute atomic E-state index is 12.2. The summed E-state index contributed by atoms with van der Waals surface area (Å²) >= 11 is 7.64. The number of halogens is 1. The number of hydrogen-bond acceptors (Lipinski definition) is 7. The van der Waals surface area contributed by atoms with Gasteiger partial charge in [0.2, 0.25) is 0 Å². The Bertz CT molecular complexity index is 868. The van der Waals surface area contributed by atoms with Crippen LogP contribution in [0.3, 0.4) is 0 Å². The van der Waals surface area contributed by atoms with E-state index in [1.54, 1.807) is 12.1 Å². The van der Waals surface area contributed by atoms with Crippen LogP contribution in [0.15, 0.2) is 41.3 Å². The Labute approximate surface area is 193 Å². The Hall–Kier alpha value is -1.74. The third-order valence-corrected chi connectivity index (χ3v) is 6.92. The molecule has 7 nitrogen and oxygen atoms in total. The van der Waals surface area contributed by atoms with Crippen LogP contribution in [0.2, 0.25) is 5.02 Å². The first-order valence-electron chi connectivity index (χ1n) is 10.8. The summed E-state index contributed by atoms with van der Waals surface area (Å²) in [5.41, 5.74) is 6.72. The van der Waals surface area contributed by atoms with Gasteiger partial charge in [0, 0.05) is 51.2 Å². The zero-order valence-corrected chi connectivity index (χ0v) is 19.8. The van der Waals surface area contributed by atoms with Crippen molar-refractivity contribution in [3.63, 3.8) is 0 Å². The van der Waals surface area contributed by atoms with Crippen LogP contribution in [0.5, 0.6) is 0 Å². The maximum atomic E-state index is 12.2. The smallest absolute Gasteiger partial charge is 0.287 e. The van der Waals surface area contributed by atoms with Crippen LogP contribution in [0.25, 0.3) is 0 Å². The van der Waals surface area contributed by atoms with Gasteiger partial charge in [0.25, 0.3) is 5.56 Å². The summed E-state index contributed by atoms with van der Waals surface area (Å²) < 4.78 is 11.1. The molecule has 2 aromatic rings. The van der Waals surface area contributed by atoms with E-state index < -0.39 is 0 Å². The molecule has 0 spiro atoms. The zero-order chi connectivity index (χ0) is 22.2. The van der Waals surface area contributed by atoms with E-state index in [-0.39, 0.29) is 22.3 Å². The quantitative estimate of drug-likeness (QED) is 0.676. The lowest BCUT2D eigenvalue weighted by atomic mass is 10.1. The number of rotatable bonds is 4. The van der Waals surface area contributed by atoms with Crippen LogP contribution in [-0.4, -0.2) is 47.4 Å². The van der Waals surface area contributed by atoms with Crippen molar-refractivity contribution in [1.29, 1.82) is 0 Å². The number of benzene rings is 1. The lowest BCUT2D eigenvalue weighted by Crippen LogP contribution is -2.37. The zero-order valence-electron chi connectivity index (χ0n) is 18.2. The molecular weight excluding hydrogens is 434 g/mol.